The van der Waals surface area contributed by atoms with E-state index in [2.05, 4.69) is 11.8 Å². The van der Waals surface area contributed by atoms with Gasteiger partial charge in [-0.05, 0) is 36.8 Å². The van der Waals surface area contributed by atoms with E-state index in [0.717, 1.165) is 5.56 Å². The van der Waals surface area contributed by atoms with Gasteiger partial charge in [0.15, 0.2) is 0 Å². The predicted octanol–water partition coefficient (Wildman–Crippen LogP) is 3.23. The highest BCUT2D eigenvalue weighted by Gasteiger charge is 2.27. The minimum atomic E-state index is -1.30. The Bertz CT molecular complexity index is 709. The zero-order valence-corrected chi connectivity index (χ0v) is 12.7. The molecule has 112 valence electrons. The van der Waals surface area contributed by atoms with Gasteiger partial charge in [-0.3, -0.25) is 4.79 Å². The first kappa shape index (κ1) is 16.1. The molecule has 2 aromatic carbocycles. The highest BCUT2D eigenvalue weighted by molar-refractivity contribution is 6.30. The van der Waals surface area contributed by atoms with E-state index in [9.17, 15) is 15.0 Å². The molecule has 0 amide bonds. The summed E-state index contributed by atoms with van der Waals surface area (Å²) in [5.74, 6) is 3.17. The van der Waals surface area contributed by atoms with Crippen molar-refractivity contribution in [1.82, 2.24) is 0 Å². The summed E-state index contributed by atoms with van der Waals surface area (Å²) >= 11 is 5.78. The van der Waals surface area contributed by atoms with E-state index >= 15 is 0 Å². The summed E-state index contributed by atoms with van der Waals surface area (Å²) < 4.78 is 0. The summed E-state index contributed by atoms with van der Waals surface area (Å²) in [5, 5.41) is 20.1. The lowest BCUT2D eigenvalue weighted by Gasteiger charge is -2.15. The minimum Gasteiger partial charge on any atom is -0.481 e. The topological polar surface area (TPSA) is 57.5 Å². The van der Waals surface area contributed by atoms with Crippen LogP contribution in [0.1, 0.15) is 22.6 Å². The average molecular weight is 315 g/mol. The number of carboxylic acids is 1. The van der Waals surface area contributed by atoms with E-state index in [1.807, 2.05) is 19.1 Å². The molecule has 0 saturated carbocycles. The monoisotopic (exact) mass is 314 g/mol. The first-order valence-electron chi connectivity index (χ1n) is 6.72. The van der Waals surface area contributed by atoms with Crippen molar-refractivity contribution >= 4 is 17.6 Å². The number of halogens is 1. The Balaban J connectivity index is 2.24. The number of aliphatic carboxylic acids is 1. The molecule has 0 aliphatic rings. The average Bonchev–Trinajstić information content (AvgIpc) is 2.48. The number of aliphatic hydroxyl groups excluding tert-OH is 1. The molecule has 2 rings (SSSR count). The predicted molar refractivity (Wildman–Crippen MR) is 85.9 cm³/mol. The van der Waals surface area contributed by atoms with Crippen LogP contribution < -0.4 is 0 Å². The normalized spacial score (nSPS) is 12.9. The first-order valence-corrected chi connectivity index (χ1v) is 7.09. The van der Waals surface area contributed by atoms with Gasteiger partial charge in [0.2, 0.25) is 0 Å². The van der Waals surface area contributed by atoms with Crippen LogP contribution in [0.25, 0.3) is 0 Å². The van der Waals surface area contributed by atoms with Crippen LogP contribution >= 0.6 is 11.6 Å². The molecule has 3 nitrogen and oxygen atoms in total. The number of carboxylic acid groups (broad SMARTS) is 1. The Labute approximate surface area is 134 Å². The minimum absolute atomic E-state index is 0.524. The summed E-state index contributed by atoms with van der Waals surface area (Å²) in [7, 11) is 0. The first-order chi connectivity index (χ1) is 10.5. The maximum absolute atomic E-state index is 11.4. The van der Waals surface area contributed by atoms with Crippen molar-refractivity contribution in [3.05, 3.63) is 70.2 Å². The molecule has 0 saturated heterocycles. The quantitative estimate of drug-likeness (QED) is 0.855. The van der Waals surface area contributed by atoms with Crippen LogP contribution in [0.4, 0.5) is 0 Å². The Morgan fingerprint density at radius 3 is 2.23 bits per heavy atom. The fourth-order valence-corrected chi connectivity index (χ4v) is 2.13. The molecule has 0 aliphatic heterocycles. The molecule has 0 heterocycles. The molecule has 0 aromatic heterocycles. The van der Waals surface area contributed by atoms with E-state index in [4.69, 9.17) is 11.6 Å². The number of aryl methyl sites for hydroxylation is 1. The number of hydrogen-bond donors (Lipinski definition) is 2. The maximum Gasteiger partial charge on any atom is 0.314 e. The molecule has 0 spiro atoms. The zero-order valence-electron chi connectivity index (χ0n) is 12.0. The van der Waals surface area contributed by atoms with Gasteiger partial charge in [-0.15, -0.1) is 0 Å². The van der Waals surface area contributed by atoms with Gasteiger partial charge in [-0.25, -0.2) is 0 Å². The van der Waals surface area contributed by atoms with Crippen molar-refractivity contribution in [2.45, 2.75) is 18.9 Å². The van der Waals surface area contributed by atoms with Crippen molar-refractivity contribution in [2.75, 3.05) is 0 Å². The Morgan fingerprint density at radius 2 is 1.68 bits per heavy atom. The van der Waals surface area contributed by atoms with Crippen LogP contribution in [-0.2, 0) is 4.79 Å². The van der Waals surface area contributed by atoms with Crippen molar-refractivity contribution in [3.63, 3.8) is 0 Å². The Hall–Kier alpha value is -2.28. The van der Waals surface area contributed by atoms with Crippen LogP contribution in [0, 0.1) is 18.8 Å². The summed E-state index contributed by atoms with van der Waals surface area (Å²) in [5.41, 5.74) is 2.21. The van der Waals surface area contributed by atoms with Crippen molar-refractivity contribution in [2.24, 2.45) is 0 Å². The standard InChI is InChI=1S/C18H15ClO3/c1-12-2-7-14(8-3-12)17(18(21)22)16(20)11-6-13-4-9-15(19)10-5-13/h2-5,7-10,16-17,20H,1H3,(H,21,22)/t16-,17-/m1/s1. The van der Waals surface area contributed by atoms with E-state index < -0.39 is 18.0 Å². The molecule has 0 fully saturated rings. The zero-order chi connectivity index (χ0) is 16.1. The third-order valence-electron chi connectivity index (χ3n) is 3.23. The van der Waals surface area contributed by atoms with Gasteiger partial charge in [0.1, 0.15) is 12.0 Å². The van der Waals surface area contributed by atoms with Crippen LogP contribution in [0.5, 0.6) is 0 Å². The van der Waals surface area contributed by atoms with Crippen LogP contribution in [0.3, 0.4) is 0 Å². The fraction of sp³-hybridized carbons (Fsp3) is 0.167. The second-order valence-corrected chi connectivity index (χ2v) is 5.38. The highest BCUT2D eigenvalue weighted by atomic mass is 35.5. The summed E-state index contributed by atoms with van der Waals surface area (Å²) in [4.78, 5) is 11.4. The SMILES string of the molecule is Cc1ccc([C@@H](C(=O)O)[C@H](O)C#Cc2ccc(Cl)cc2)cc1. The van der Waals surface area contributed by atoms with Crippen molar-refractivity contribution in [1.29, 1.82) is 0 Å². The summed E-state index contributed by atoms with van der Waals surface area (Å²) in [6, 6.07) is 13.8. The molecule has 0 aliphatic carbocycles. The van der Waals surface area contributed by atoms with E-state index in [1.54, 1.807) is 36.4 Å². The molecule has 2 atom stereocenters. The number of carbonyl (C=O) groups is 1. The molecule has 22 heavy (non-hydrogen) atoms. The van der Waals surface area contributed by atoms with E-state index in [1.165, 1.54) is 0 Å². The van der Waals surface area contributed by atoms with E-state index in [0.29, 0.717) is 16.1 Å². The third-order valence-corrected chi connectivity index (χ3v) is 3.48. The van der Waals surface area contributed by atoms with Gasteiger partial charge in [0.25, 0.3) is 0 Å². The molecular weight excluding hydrogens is 300 g/mol. The van der Waals surface area contributed by atoms with Crippen LogP contribution in [-0.4, -0.2) is 22.3 Å². The van der Waals surface area contributed by atoms with Crippen LogP contribution in [0.15, 0.2) is 48.5 Å². The molecule has 0 unspecified atom stereocenters. The van der Waals surface area contributed by atoms with E-state index in [-0.39, 0.29) is 0 Å². The highest BCUT2D eigenvalue weighted by Crippen LogP contribution is 2.21. The van der Waals surface area contributed by atoms with Crippen molar-refractivity contribution < 1.29 is 15.0 Å². The molecule has 0 bridgehead atoms. The number of hydrogen-bond acceptors (Lipinski definition) is 2. The molecule has 2 aromatic rings. The second kappa shape index (κ2) is 7.13. The van der Waals surface area contributed by atoms with Crippen molar-refractivity contribution in [3.8, 4) is 11.8 Å². The largest absolute Gasteiger partial charge is 0.481 e. The van der Waals surface area contributed by atoms with Gasteiger partial charge in [-0.1, -0.05) is 53.3 Å². The maximum atomic E-state index is 11.4. The van der Waals surface area contributed by atoms with Crippen LogP contribution in [0.2, 0.25) is 5.02 Å². The summed E-state index contributed by atoms with van der Waals surface area (Å²) in [6.07, 6.45) is -1.30. The lowest BCUT2D eigenvalue weighted by molar-refractivity contribution is -0.140. The fourth-order valence-electron chi connectivity index (χ4n) is 2.01. The molecule has 0 radical (unpaired) electrons. The number of rotatable bonds is 3. The smallest absolute Gasteiger partial charge is 0.314 e. The number of benzene rings is 2. The van der Waals surface area contributed by atoms with Gasteiger partial charge in [0.05, 0.1) is 0 Å². The second-order valence-electron chi connectivity index (χ2n) is 4.95. The molecule has 4 heteroatoms. The number of aliphatic hydroxyl groups is 1. The van der Waals surface area contributed by atoms with Gasteiger partial charge >= 0.3 is 5.97 Å². The van der Waals surface area contributed by atoms with Gasteiger partial charge in [0, 0.05) is 10.6 Å². The molecule has 2 N–H and O–H groups in total. The van der Waals surface area contributed by atoms with Gasteiger partial charge < -0.3 is 10.2 Å². The molecular formula is C18H15ClO3. The summed E-state index contributed by atoms with van der Waals surface area (Å²) in [6.45, 7) is 1.91. The lowest BCUT2D eigenvalue weighted by atomic mass is 9.93. The Kier molecular flexibility index (Phi) is 5.21. The lowest BCUT2D eigenvalue weighted by Crippen LogP contribution is -2.24. The third kappa shape index (κ3) is 4.11. The Morgan fingerprint density at radius 1 is 1.09 bits per heavy atom. The van der Waals surface area contributed by atoms with Gasteiger partial charge in [-0.2, -0.15) is 0 Å².